The van der Waals surface area contributed by atoms with E-state index in [9.17, 15) is 4.79 Å². The molecule has 1 heteroatoms. The zero-order valence-corrected chi connectivity index (χ0v) is 18.1. The van der Waals surface area contributed by atoms with Crippen LogP contribution < -0.4 is 0 Å². The predicted octanol–water partition coefficient (Wildman–Crippen LogP) is 7.24. The summed E-state index contributed by atoms with van der Waals surface area (Å²) in [5.41, 5.74) is 9.72. The Kier molecular flexibility index (Phi) is 7.34. The highest BCUT2D eigenvalue weighted by Gasteiger charge is 2.09. The molecule has 0 saturated carbocycles. The molecule has 2 aromatic carbocycles. The van der Waals surface area contributed by atoms with Crippen LogP contribution in [0.1, 0.15) is 71.2 Å². The number of aryl methyl sites for hydroxylation is 4. The number of rotatable bonds is 7. The fraction of sp³-hybridized carbons (Fsp3) is 0.296. The van der Waals surface area contributed by atoms with Gasteiger partial charge < -0.3 is 0 Å². The van der Waals surface area contributed by atoms with Crippen molar-refractivity contribution in [1.29, 1.82) is 0 Å². The normalized spacial score (nSPS) is 11.7. The smallest absolute Gasteiger partial charge is 0.178 e. The van der Waals surface area contributed by atoms with Crippen molar-refractivity contribution in [3.05, 3.63) is 87.5 Å². The van der Waals surface area contributed by atoms with E-state index < -0.39 is 0 Å². The Bertz CT molecular complexity index is 916. The van der Waals surface area contributed by atoms with Gasteiger partial charge in [0, 0.05) is 0 Å². The van der Waals surface area contributed by atoms with Crippen LogP contribution in [0.3, 0.4) is 0 Å². The van der Waals surface area contributed by atoms with Gasteiger partial charge in [-0.05, 0) is 89.8 Å². The molecule has 2 aromatic rings. The van der Waals surface area contributed by atoms with Gasteiger partial charge >= 0.3 is 0 Å². The Balaban J connectivity index is 2.19. The Hall–Kier alpha value is -2.67. The fourth-order valence-electron chi connectivity index (χ4n) is 3.96. The maximum Gasteiger partial charge on any atom is 0.178 e. The average Bonchev–Trinajstić information content (AvgIpc) is 2.63. The maximum atomic E-state index is 12.3. The van der Waals surface area contributed by atoms with Crippen molar-refractivity contribution in [3.63, 3.8) is 0 Å². The number of carbonyl (C=O) groups excluding carboxylic acids is 1. The second kappa shape index (κ2) is 9.50. The summed E-state index contributed by atoms with van der Waals surface area (Å²) in [7, 11) is 0. The number of benzene rings is 2. The summed E-state index contributed by atoms with van der Waals surface area (Å²) in [5.74, 6) is 0.503. The first-order valence-corrected chi connectivity index (χ1v) is 10.0. The van der Waals surface area contributed by atoms with Gasteiger partial charge in [0.15, 0.2) is 5.78 Å². The first-order chi connectivity index (χ1) is 13.3. The van der Waals surface area contributed by atoms with Crippen molar-refractivity contribution in [1.82, 2.24) is 0 Å². The Morgan fingerprint density at radius 2 is 1.43 bits per heavy atom. The number of ketones is 1. The largest absolute Gasteiger partial charge is 0.290 e. The summed E-state index contributed by atoms with van der Waals surface area (Å²) >= 11 is 0. The van der Waals surface area contributed by atoms with Crippen LogP contribution in [0.25, 0.3) is 18.2 Å². The molecule has 0 aliphatic heterocycles. The maximum absolute atomic E-state index is 12.3. The molecule has 0 atom stereocenters. The fourth-order valence-corrected chi connectivity index (χ4v) is 3.96. The van der Waals surface area contributed by atoms with Crippen molar-refractivity contribution >= 4 is 24.0 Å². The number of hydrogen-bond donors (Lipinski definition) is 0. The predicted molar refractivity (Wildman–Crippen MR) is 124 cm³/mol. The van der Waals surface area contributed by atoms with Crippen LogP contribution in [0.2, 0.25) is 0 Å². The van der Waals surface area contributed by atoms with Crippen LogP contribution in [0.15, 0.2) is 43.0 Å². The summed E-state index contributed by atoms with van der Waals surface area (Å²) in [6.07, 6.45) is 9.96. The van der Waals surface area contributed by atoms with Gasteiger partial charge in [-0.15, -0.1) is 0 Å². The van der Waals surface area contributed by atoms with Crippen molar-refractivity contribution in [3.8, 4) is 0 Å². The standard InChI is InChI=1S/C27H32O/c1-8-24-17-23(16-21(7)27(24)18(3)4)11-13-25(28)12-10-22-14-19(5)26(9-2)20(6)15-22/h9-18H,2,8H2,1,3-7H3. The van der Waals surface area contributed by atoms with Gasteiger partial charge in [0.2, 0.25) is 0 Å². The van der Waals surface area contributed by atoms with Crippen molar-refractivity contribution in [2.75, 3.05) is 0 Å². The topological polar surface area (TPSA) is 17.1 Å². The molecule has 146 valence electrons. The van der Waals surface area contributed by atoms with E-state index in [0.717, 1.165) is 23.1 Å². The van der Waals surface area contributed by atoms with Crippen LogP contribution in [-0.4, -0.2) is 5.78 Å². The molecular formula is C27H32O. The molecule has 0 aliphatic rings. The molecule has 28 heavy (non-hydrogen) atoms. The summed E-state index contributed by atoms with van der Waals surface area (Å²) in [4.78, 5) is 12.3. The quantitative estimate of drug-likeness (QED) is 0.468. The minimum atomic E-state index is -0.00765. The lowest BCUT2D eigenvalue weighted by atomic mass is 9.89. The minimum Gasteiger partial charge on any atom is -0.290 e. The van der Waals surface area contributed by atoms with Crippen molar-refractivity contribution in [2.45, 2.75) is 53.9 Å². The van der Waals surface area contributed by atoms with E-state index in [0.29, 0.717) is 5.92 Å². The van der Waals surface area contributed by atoms with Crippen LogP contribution in [0, 0.1) is 20.8 Å². The lowest BCUT2D eigenvalue weighted by molar-refractivity contribution is -0.110. The van der Waals surface area contributed by atoms with Gasteiger partial charge in [-0.1, -0.05) is 69.8 Å². The molecule has 0 radical (unpaired) electrons. The van der Waals surface area contributed by atoms with E-state index >= 15 is 0 Å². The first kappa shape index (κ1) is 21.6. The second-order valence-corrected chi connectivity index (χ2v) is 7.76. The van der Waals surface area contributed by atoms with Crippen LogP contribution in [0.4, 0.5) is 0 Å². The third kappa shape index (κ3) is 5.19. The summed E-state index contributed by atoms with van der Waals surface area (Å²) in [6.45, 7) is 16.8. The number of hydrogen-bond acceptors (Lipinski definition) is 1. The van der Waals surface area contributed by atoms with E-state index in [-0.39, 0.29) is 5.78 Å². The second-order valence-electron chi connectivity index (χ2n) is 7.76. The summed E-state index contributed by atoms with van der Waals surface area (Å²) < 4.78 is 0. The average molecular weight is 373 g/mol. The molecule has 2 rings (SSSR count). The molecule has 0 aliphatic carbocycles. The van der Waals surface area contributed by atoms with E-state index in [4.69, 9.17) is 0 Å². The van der Waals surface area contributed by atoms with E-state index in [1.54, 1.807) is 12.2 Å². The SMILES string of the molecule is C=Cc1c(C)cc(C=CC(=O)C=Cc2cc(C)c(C(C)C)c(CC)c2)cc1C. The Labute approximate surface area is 170 Å². The van der Waals surface area contributed by atoms with Crippen LogP contribution in [-0.2, 0) is 11.2 Å². The van der Waals surface area contributed by atoms with Crippen molar-refractivity contribution in [2.24, 2.45) is 0 Å². The minimum absolute atomic E-state index is 0.00765. The molecule has 0 amide bonds. The molecule has 0 N–H and O–H groups in total. The Morgan fingerprint density at radius 1 is 0.929 bits per heavy atom. The van der Waals surface area contributed by atoms with Gasteiger partial charge in [0.05, 0.1) is 0 Å². The molecular weight excluding hydrogens is 340 g/mol. The summed E-state index contributed by atoms with van der Waals surface area (Å²) in [5, 5.41) is 0. The lowest BCUT2D eigenvalue weighted by Crippen LogP contribution is -2.00. The van der Waals surface area contributed by atoms with Gasteiger partial charge in [0.1, 0.15) is 0 Å². The van der Waals surface area contributed by atoms with Crippen LogP contribution >= 0.6 is 0 Å². The molecule has 0 unspecified atom stereocenters. The van der Waals surface area contributed by atoms with E-state index in [2.05, 4.69) is 72.4 Å². The van der Waals surface area contributed by atoms with Gasteiger partial charge in [-0.2, -0.15) is 0 Å². The van der Waals surface area contributed by atoms with Crippen LogP contribution in [0.5, 0.6) is 0 Å². The molecule has 0 heterocycles. The molecule has 1 nitrogen and oxygen atoms in total. The first-order valence-electron chi connectivity index (χ1n) is 10.0. The monoisotopic (exact) mass is 372 g/mol. The number of allylic oxidation sites excluding steroid dienone is 2. The number of carbonyl (C=O) groups is 1. The molecule has 0 spiro atoms. The van der Waals surface area contributed by atoms with Gasteiger partial charge in [0.25, 0.3) is 0 Å². The lowest BCUT2D eigenvalue weighted by Gasteiger charge is -2.16. The zero-order chi connectivity index (χ0) is 20.8. The third-order valence-electron chi connectivity index (χ3n) is 5.15. The van der Waals surface area contributed by atoms with Gasteiger partial charge in [-0.3, -0.25) is 4.79 Å². The zero-order valence-electron chi connectivity index (χ0n) is 18.1. The van der Waals surface area contributed by atoms with Crippen molar-refractivity contribution < 1.29 is 4.79 Å². The molecule has 0 fully saturated rings. The third-order valence-corrected chi connectivity index (χ3v) is 5.15. The highest BCUT2D eigenvalue weighted by Crippen LogP contribution is 2.26. The van der Waals surface area contributed by atoms with E-state index in [1.807, 2.05) is 18.2 Å². The highest BCUT2D eigenvalue weighted by molar-refractivity contribution is 6.04. The van der Waals surface area contributed by atoms with E-state index in [1.165, 1.54) is 27.8 Å². The molecule has 0 saturated heterocycles. The summed E-state index contributed by atoms with van der Waals surface area (Å²) in [6, 6.07) is 8.54. The van der Waals surface area contributed by atoms with Gasteiger partial charge in [-0.25, -0.2) is 0 Å². The molecule has 0 aromatic heterocycles. The molecule has 0 bridgehead atoms. The highest BCUT2D eigenvalue weighted by atomic mass is 16.1. The Morgan fingerprint density at radius 3 is 1.89 bits per heavy atom.